The predicted octanol–water partition coefficient (Wildman–Crippen LogP) is 4.58. The van der Waals surface area contributed by atoms with Crippen molar-refractivity contribution in [2.24, 2.45) is 5.41 Å². The maximum atomic E-state index is 12.4. The van der Waals surface area contributed by atoms with E-state index in [0.717, 1.165) is 38.8 Å². The second-order valence-corrected chi connectivity index (χ2v) is 9.22. The van der Waals surface area contributed by atoms with Crippen LogP contribution < -0.4 is 5.32 Å². The normalized spacial score (nSPS) is 21.2. The fourth-order valence-electron chi connectivity index (χ4n) is 2.99. The van der Waals surface area contributed by atoms with Crippen molar-refractivity contribution < 1.29 is 9.53 Å². The molecule has 1 heterocycles. The maximum absolute atomic E-state index is 12.4. The number of carbonyl (C=O) groups excluding carboxylic acids is 1. The Morgan fingerprint density at radius 2 is 1.87 bits per heavy atom. The fourth-order valence-corrected chi connectivity index (χ4v) is 2.99. The lowest BCUT2D eigenvalue weighted by atomic mass is 9.92. The predicted molar refractivity (Wildman–Crippen MR) is 96.7 cm³/mol. The zero-order valence-corrected chi connectivity index (χ0v) is 16.4. The highest BCUT2D eigenvalue weighted by atomic mass is 16.6. The molecule has 4 nitrogen and oxygen atoms in total. The number of likely N-dealkylation sites (tertiary alicyclic amines) is 1. The molecule has 0 aromatic rings. The van der Waals surface area contributed by atoms with Crippen molar-refractivity contribution >= 4 is 6.09 Å². The van der Waals surface area contributed by atoms with E-state index in [4.69, 9.17) is 4.74 Å². The minimum Gasteiger partial charge on any atom is -0.444 e. The van der Waals surface area contributed by atoms with Crippen LogP contribution in [0.1, 0.15) is 80.6 Å². The lowest BCUT2D eigenvalue weighted by Crippen LogP contribution is -2.48. The molecule has 0 aromatic carbocycles. The smallest absolute Gasteiger partial charge is 0.410 e. The van der Waals surface area contributed by atoms with Gasteiger partial charge in [0.1, 0.15) is 5.60 Å². The summed E-state index contributed by atoms with van der Waals surface area (Å²) < 4.78 is 5.58. The number of carbonyl (C=O) groups is 1. The van der Waals surface area contributed by atoms with Crippen LogP contribution in [0.4, 0.5) is 4.79 Å². The number of ether oxygens (including phenoxy) is 1. The molecule has 0 radical (unpaired) electrons. The van der Waals surface area contributed by atoms with Crippen LogP contribution in [0.3, 0.4) is 0 Å². The summed E-state index contributed by atoms with van der Waals surface area (Å²) in [6, 6.07) is 0.723. The maximum Gasteiger partial charge on any atom is 0.410 e. The largest absolute Gasteiger partial charge is 0.444 e. The molecule has 0 spiro atoms. The van der Waals surface area contributed by atoms with Gasteiger partial charge in [0.15, 0.2) is 0 Å². The molecule has 2 atom stereocenters. The third kappa shape index (κ3) is 8.59. The zero-order chi connectivity index (χ0) is 17.7. The van der Waals surface area contributed by atoms with Crippen molar-refractivity contribution in [2.45, 2.75) is 98.3 Å². The fraction of sp³-hybridized carbons (Fsp3) is 0.947. The van der Waals surface area contributed by atoms with Gasteiger partial charge in [-0.3, -0.25) is 0 Å². The minimum absolute atomic E-state index is 0.149. The van der Waals surface area contributed by atoms with Crippen molar-refractivity contribution in [1.82, 2.24) is 10.2 Å². The highest BCUT2D eigenvalue weighted by Gasteiger charge is 2.31. The van der Waals surface area contributed by atoms with Crippen LogP contribution >= 0.6 is 0 Å². The van der Waals surface area contributed by atoms with Gasteiger partial charge >= 0.3 is 6.09 Å². The Morgan fingerprint density at radius 1 is 1.22 bits per heavy atom. The van der Waals surface area contributed by atoms with Gasteiger partial charge in [0, 0.05) is 18.6 Å². The molecule has 4 heteroatoms. The summed E-state index contributed by atoms with van der Waals surface area (Å²) in [6.45, 7) is 16.7. The average Bonchev–Trinajstić information content (AvgIpc) is 2.35. The molecule has 0 saturated carbocycles. The van der Waals surface area contributed by atoms with Crippen molar-refractivity contribution in [3.8, 4) is 0 Å². The average molecular weight is 327 g/mol. The number of piperidine rings is 1. The van der Waals surface area contributed by atoms with E-state index in [9.17, 15) is 4.79 Å². The third-order valence-corrected chi connectivity index (χ3v) is 4.25. The Morgan fingerprint density at radius 3 is 2.43 bits per heavy atom. The molecule has 1 amide bonds. The monoisotopic (exact) mass is 326 g/mol. The Balaban J connectivity index is 2.49. The van der Waals surface area contributed by atoms with Crippen LogP contribution in [0.25, 0.3) is 0 Å². The quantitative estimate of drug-likeness (QED) is 0.804. The lowest BCUT2D eigenvalue weighted by Gasteiger charge is -2.38. The van der Waals surface area contributed by atoms with Gasteiger partial charge in [-0.1, -0.05) is 20.8 Å². The molecule has 0 aromatic heterocycles. The molecular formula is C19H38N2O2. The molecule has 1 N–H and O–H groups in total. The Labute approximate surface area is 143 Å². The van der Waals surface area contributed by atoms with Crippen LogP contribution in [0.5, 0.6) is 0 Å². The summed E-state index contributed by atoms with van der Waals surface area (Å²) in [5.41, 5.74) is -0.0598. The highest BCUT2D eigenvalue weighted by molar-refractivity contribution is 5.68. The number of nitrogens with zero attached hydrogens (tertiary/aromatic N) is 1. The van der Waals surface area contributed by atoms with Gasteiger partial charge in [0.05, 0.1) is 0 Å². The molecular weight excluding hydrogens is 288 g/mol. The van der Waals surface area contributed by atoms with Gasteiger partial charge in [-0.05, 0) is 71.8 Å². The molecule has 0 aliphatic carbocycles. The van der Waals surface area contributed by atoms with Crippen LogP contribution in [-0.2, 0) is 4.74 Å². The SMILES string of the molecule is CC(CC1CCCCN1C(=O)OC(C)(C)C)NCCC(C)(C)C. The van der Waals surface area contributed by atoms with E-state index in [-0.39, 0.29) is 6.09 Å². The second kappa shape index (κ2) is 8.36. The number of nitrogens with one attached hydrogen (secondary N) is 1. The number of rotatable bonds is 5. The summed E-state index contributed by atoms with van der Waals surface area (Å²) >= 11 is 0. The Bertz CT molecular complexity index is 369. The molecule has 0 bridgehead atoms. The van der Waals surface area contributed by atoms with Gasteiger partial charge < -0.3 is 15.0 Å². The van der Waals surface area contributed by atoms with E-state index in [2.05, 4.69) is 33.0 Å². The number of hydrogen-bond donors (Lipinski definition) is 1. The van der Waals surface area contributed by atoms with Crippen LogP contribution in [0, 0.1) is 5.41 Å². The van der Waals surface area contributed by atoms with Gasteiger partial charge in [-0.15, -0.1) is 0 Å². The number of hydrogen-bond acceptors (Lipinski definition) is 3. The summed E-state index contributed by atoms with van der Waals surface area (Å²) in [5, 5.41) is 3.62. The summed E-state index contributed by atoms with van der Waals surface area (Å²) in [4.78, 5) is 14.4. The van der Waals surface area contributed by atoms with Crippen molar-refractivity contribution in [1.29, 1.82) is 0 Å². The molecule has 2 unspecified atom stereocenters. The van der Waals surface area contributed by atoms with Gasteiger partial charge in [-0.25, -0.2) is 4.79 Å². The number of amides is 1. The summed E-state index contributed by atoms with van der Waals surface area (Å²) in [7, 11) is 0. The van der Waals surface area contributed by atoms with Crippen LogP contribution in [0.15, 0.2) is 0 Å². The molecule has 23 heavy (non-hydrogen) atoms. The van der Waals surface area contributed by atoms with Crippen molar-refractivity contribution in [3.63, 3.8) is 0 Å². The van der Waals surface area contributed by atoms with Crippen LogP contribution in [0.2, 0.25) is 0 Å². The van der Waals surface area contributed by atoms with E-state index in [0.29, 0.717) is 17.5 Å². The summed E-state index contributed by atoms with van der Waals surface area (Å²) in [5.74, 6) is 0. The van der Waals surface area contributed by atoms with Crippen LogP contribution in [-0.4, -0.2) is 41.8 Å². The Kier molecular flexibility index (Phi) is 7.37. The highest BCUT2D eigenvalue weighted by Crippen LogP contribution is 2.24. The molecule has 1 aliphatic heterocycles. The van der Waals surface area contributed by atoms with Gasteiger partial charge in [0.25, 0.3) is 0 Å². The molecule has 136 valence electrons. The second-order valence-electron chi connectivity index (χ2n) is 9.22. The molecule has 1 fully saturated rings. The first-order chi connectivity index (χ1) is 10.5. The van der Waals surface area contributed by atoms with Crippen molar-refractivity contribution in [3.05, 3.63) is 0 Å². The standard InChI is InChI=1S/C19H38N2O2/c1-15(20-12-11-18(2,3)4)14-16-10-8-9-13-21(16)17(22)23-19(5,6)7/h15-16,20H,8-14H2,1-7H3. The topological polar surface area (TPSA) is 41.6 Å². The third-order valence-electron chi connectivity index (χ3n) is 4.25. The molecule has 1 rings (SSSR count). The molecule has 1 saturated heterocycles. The first-order valence-electron chi connectivity index (χ1n) is 9.21. The minimum atomic E-state index is -0.421. The van der Waals surface area contributed by atoms with E-state index >= 15 is 0 Å². The van der Waals surface area contributed by atoms with E-state index < -0.39 is 5.60 Å². The van der Waals surface area contributed by atoms with Gasteiger partial charge in [-0.2, -0.15) is 0 Å². The summed E-state index contributed by atoms with van der Waals surface area (Å²) in [6.07, 6.45) is 5.40. The Hall–Kier alpha value is -0.770. The first-order valence-corrected chi connectivity index (χ1v) is 9.21. The lowest BCUT2D eigenvalue weighted by molar-refractivity contribution is 0.00790. The van der Waals surface area contributed by atoms with Gasteiger partial charge in [0.2, 0.25) is 0 Å². The molecule has 1 aliphatic rings. The van der Waals surface area contributed by atoms with E-state index in [1.54, 1.807) is 0 Å². The van der Waals surface area contributed by atoms with E-state index in [1.807, 2.05) is 25.7 Å². The first kappa shape index (κ1) is 20.3. The zero-order valence-electron chi connectivity index (χ0n) is 16.4. The van der Waals surface area contributed by atoms with E-state index in [1.165, 1.54) is 6.42 Å². The van der Waals surface area contributed by atoms with Crippen molar-refractivity contribution in [2.75, 3.05) is 13.1 Å².